The molecule has 1 aliphatic heterocycles. The quantitative estimate of drug-likeness (QED) is 0.561. The molecule has 0 spiro atoms. The third-order valence-corrected chi connectivity index (χ3v) is 3.97. The molecule has 0 radical (unpaired) electrons. The average Bonchev–Trinajstić information content (AvgIpc) is 2.35. The van der Waals surface area contributed by atoms with E-state index in [2.05, 4.69) is 20.4 Å². The maximum atomic E-state index is 12.7. The van der Waals surface area contributed by atoms with Gasteiger partial charge in [-0.05, 0) is 46.0 Å². The van der Waals surface area contributed by atoms with Gasteiger partial charge >= 0.3 is 6.09 Å². The summed E-state index contributed by atoms with van der Waals surface area (Å²) in [5.41, 5.74) is -0.522. The minimum Gasteiger partial charge on any atom is -0.444 e. The van der Waals surface area contributed by atoms with Crippen LogP contribution in [0.25, 0.3) is 0 Å². The minimum atomic E-state index is -0.522. The Morgan fingerprint density at radius 3 is 2.55 bits per heavy atom. The van der Waals surface area contributed by atoms with Gasteiger partial charge in [0.05, 0.1) is 0 Å². The Balaban J connectivity index is 2.94. The number of ether oxygens (including phenoxy) is 1. The van der Waals surface area contributed by atoms with Gasteiger partial charge in [-0.2, -0.15) is 0 Å². The fraction of sp³-hybridized carbons (Fsp3) is 0.778. The minimum absolute atomic E-state index is 0.0524. The van der Waals surface area contributed by atoms with Crippen LogP contribution in [0, 0.1) is 5.92 Å². The van der Waals surface area contributed by atoms with E-state index in [1.54, 1.807) is 0 Å². The summed E-state index contributed by atoms with van der Waals surface area (Å²) >= 11 is 0. The number of nitrogens with zero attached hydrogens (tertiary/aromatic N) is 1. The zero-order valence-corrected chi connectivity index (χ0v) is 14.7. The number of piperidine rings is 1. The van der Waals surface area contributed by atoms with E-state index in [1.807, 2.05) is 31.7 Å². The van der Waals surface area contributed by atoms with Gasteiger partial charge in [0.15, 0.2) is 0 Å². The normalized spacial score (nSPS) is 22.8. The molecule has 1 saturated heterocycles. The van der Waals surface area contributed by atoms with Crippen LogP contribution in [0.4, 0.5) is 4.79 Å². The van der Waals surface area contributed by atoms with Crippen molar-refractivity contribution in [2.75, 3.05) is 0 Å². The molecular weight excluding hydrogens is 278 g/mol. The molecule has 0 bridgehead atoms. The summed E-state index contributed by atoms with van der Waals surface area (Å²) < 4.78 is 5.58. The summed E-state index contributed by atoms with van der Waals surface area (Å²) in [5.74, 6) is 0.487. The number of allylic oxidation sites excluding steroid dienone is 1. The number of rotatable bonds is 5. The molecule has 0 saturated carbocycles. The predicted molar refractivity (Wildman–Crippen MR) is 88.8 cm³/mol. The van der Waals surface area contributed by atoms with Crippen molar-refractivity contribution in [1.29, 1.82) is 0 Å². The fourth-order valence-electron chi connectivity index (χ4n) is 2.94. The van der Waals surface area contributed by atoms with E-state index in [0.717, 1.165) is 19.3 Å². The molecule has 4 nitrogen and oxygen atoms in total. The van der Waals surface area contributed by atoms with Crippen LogP contribution < -0.4 is 0 Å². The maximum absolute atomic E-state index is 12.7. The van der Waals surface area contributed by atoms with E-state index in [9.17, 15) is 9.59 Å². The van der Waals surface area contributed by atoms with E-state index in [1.165, 1.54) is 0 Å². The van der Waals surface area contributed by atoms with Crippen LogP contribution in [-0.4, -0.2) is 34.5 Å². The predicted octanol–water partition coefficient (Wildman–Crippen LogP) is 4.34. The Labute approximate surface area is 134 Å². The molecule has 1 amide bonds. The van der Waals surface area contributed by atoms with Crippen molar-refractivity contribution in [3.63, 3.8) is 0 Å². The van der Waals surface area contributed by atoms with Crippen molar-refractivity contribution in [2.24, 2.45) is 5.92 Å². The molecule has 1 aliphatic rings. The molecule has 2 atom stereocenters. The molecule has 0 aliphatic carbocycles. The molecule has 0 aromatic heterocycles. The topological polar surface area (TPSA) is 46.6 Å². The third-order valence-electron chi connectivity index (χ3n) is 3.97. The van der Waals surface area contributed by atoms with Crippen LogP contribution in [0.1, 0.15) is 66.7 Å². The van der Waals surface area contributed by atoms with Crippen molar-refractivity contribution in [1.82, 2.24) is 4.90 Å². The molecule has 0 unspecified atom stereocenters. The Hall–Kier alpha value is -1.32. The summed E-state index contributed by atoms with van der Waals surface area (Å²) in [7, 11) is 0. The Bertz CT molecular complexity index is 409. The highest BCUT2D eigenvalue weighted by Gasteiger charge is 2.40. The van der Waals surface area contributed by atoms with Gasteiger partial charge in [0.1, 0.15) is 11.4 Å². The zero-order chi connectivity index (χ0) is 16.9. The van der Waals surface area contributed by atoms with Gasteiger partial charge in [0, 0.05) is 24.9 Å². The van der Waals surface area contributed by atoms with Gasteiger partial charge in [-0.15, -0.1) is 6.58 Å². The first-order valence-corrected chi connectivity index (χ1v) is 8.29. The van der Waals surface area contributed by atoms with Gasteiger partial charge in [-0.3, -0.25) is 4.79 Å². The average molecular weight is 309 g/mol. The first-order chi connectivity index (χ1) is 10.2. The van der Waals surface area contributed by atoms with E-state index in [-0.39, 0.29) is 29.9 Å². The zero-order valence-electron chi connectivity index (χ0n) is 14.7. The van der Waals surface area contributed by atoms with Crippen molar-refractivity contribution in [2.45, 2.75) is 84.4 Å². The van der Waals surface area contributed by atoms with Gasteiger partial charge in [-0.1, -0.05) is 19.9 Å². The SMILES string of the molecule is C=CCCC[C@@H]1CC(=O)C[C@H](C(C)C)N1C(=O)OC(C)(C)C. The first kappa shape index (κ1) is 18.7. The number of Topliss-reactive ketones (excluding diaryl/α,β-unsaturated/α-hetero) is 1. The lowest BCUT2D eigenvalue weighted by Crippen LogP contribution is -2.55. The summed E-state index contributed by atoms with van der Waals surface area (Å²) in [6.07, 6.45) is 5.13. The number of ketones is 1. The number of hydrogen-bond acceptors (Lipinski definition) is 3. The number of hydrogen-bond donors (Lipinski definition) is 0. The number of carbonyl (C=O) groups excluding carboxylic acids is 2. The molecule has 126 valence electrons. The van der Waals surface area contributed by atoms with E-state index in [4.69, 9.17) is 4.74 Å². The monoisotopic (exact) mass is 309 g/mol. The standard InChI is InChI=1S/C18H31NO3/c1-7-8-9-10-14-11-15(20)12-16(13(2)3)19(14)17(21)22-18(4,5)6/h7,13-14,16H,1,8-12H2,2-6H3/t14-,16-/m1/s1. The molecule has 1 fully saturated rings. The van der Waals surface area contributed by atoms with E-state index < -0.39 is 5.60 Å². The van der Waals surface area contributed by atoms with Gasteiger partial charge in [0.25, 0.3) is 0 Å². The lowest BCUT2D eigenvalue weighted by atomic mass is 9.86. The van der Waals surface area contributed by atoms with E-state index >= 15 is 0 Å². The summed E-state index contributed by atoms with van der Waals surface area (Å²) in [4.78, 5) is 26.6. The summed E-state index contributed by atoms with van der Waals surface area (Å²) in [6.45, 7) is 13.5. The summed E-state index contributed by atoms with van der Waals surface area (Å²) in [5, 5.41) is 0. The highest BCUT2D eigenvalue weighted by atomic mass is 16.6. The molecule has 4 heteroatoms. The van der Waals surface area contributed by atoms with E-state index in [0.29, 0.717) is 12.8 Å². The second-order valence-corrected chi connectivity index (χ2v) is 7.52. The number of carbonyl (C=O) groups is 2. The maximum Gasteiger partial charge on any atom is 0.410 e. The molecular formula is C18H31NO3. The fourth-order valence-corrected chi connectivity index (χ4v) is 2.94. The van der Waals surface area contributed by atoms with Crippen molar-refractivity contribution in [3.05, 3.63) is 12.7 Å². The lowest BCUT2D eigenvalue weighted by molar-refractivity contribution is -0.126. The highest BCUT2D eigenvalue weighted by molar-refractivity contribution is 5.83. The van der Waals surface area contributed by atoms with Crippen LogP contribution in [0.2, 0.25) is 0 Å². The third kappa shape index (κ3) is 5.47. The molecule has 1 heterocycles. The lowest BCUT2D eigenvalue weighted by Gasteiger charge is -2.43. The van der Waals surface area contributed by atoms with Crippen LogP contribution >= 0.6 is 0 Å². The largest absolute Gasteiger partial charge is 0.444 e. The number of likely N-dealkylation sites (tertiary alicyclic amines) is 1. The van der Waals surface area contributed by atoms with Crippen LogP contribution in [0.15, 0.2) is 12.7 Å². The second-order valence-electron chi connectivity index (χ2n) is 7.52. The first-order valence-electron chi connectivity index (χ1n) is 8.29. The summed E-state index contributed by atoms with van der Waals surface area (Å²) in [6, 6.07) is -0.117. The van der Waals surface area contributed by atoms with Crippen molar-refractivity contribution >= 4 is 11.9 Å². The second kappa shape index (κ2) is 7.80. The van der Waals surface area contributed by atoms with Crippen LogP contribution in [0.5, 0.6) is 0 Å². The van der Waals surface area contributed by atoms with Crippen LogP contribution in [0.3, 0.4) is 0 Å². The highest BCUT2D eigenvalue weighted by Crippen LogP contribution is 2.30. The van der Waals surface area contributed by atoms with Crippen LogP contribution in [-0.2, 0) is 9.53 Å². The molecule has 22 heavy (non-hydrogen) atoms. The van der Waals surface area contributed by atoms with Gasteiger partial charge < -0.3 is 9.64 Å². The smallest absolute Gasteiger partial charge is 0.410 e. The Kier molecular flexibility index (Phi) is 6.64. The number of unbranched alkanes of at least 4 members (excludes halogenated alkanes) is 1. The molecule has 0 aromatic rings. The number of amides is 1. The molecule has 0 N–H and O–H groups in total. The van der Waals surface area contributed by atoms with Crippen molar-refractivity contribution in [3.8, 4) is 0 Å². The van der Waals surface area contributed by atoms with Gasteiger partial charge in [0.2, 0.25) is 0 Å². The Morgan fingerprint density at radius 1 is 1.41 bits per heavy atom. The van der Waals surface area contributed by atoms with Gasteiger partial charge in [-0.25, -0.2) is 4.79 Å². The molecule has 0 aromatic carbocycles. The van der Waals surface area contributed by atoms with Crippen molar-refractivity contribution < 1.29 is 14.3 Å². The molecule has 1 rings (SSSR count). The Morgan fingerprint density at radius 2 is 2.05 bits per heavy atom.